The summed E-state index contributed by atoms with van der Waals surface area (Å²) < 4.78 is 2.10. The highest BCUT2D eigenvalue weighted by molar-refractivity contribution is 5.89. The molecule has 160 valence electrons. The lowest BCUT2D eigenvalue weighted by atomic mass is 9.68. The van der Waals surface area contributed by atoms with Gasteiger partial charge in [0, 0.05) is 17.3 Å². The van der Waals surface area contributed by atoms with Crippen LogP contribution in [0.5, 0.6) is 0 Å². The molecule has 2 N–H and O–H groups in total. The van der Waals surface area contributed by atoms with E-state index in [2.05, 4.69) is 60.4 Å². The number of carbonyl (C=O) groups excluding carboxylic acids is 1. The molecule has 3 atom stereocenters. The van der Waals surface area contributed by atoms with Gasteiger partial charge in [0.1, 0.15) is 0 Å². The molecule has 1 heterocycles. The van der Waals surface area contributed by atoms with Crippen LogP contribution in [0.1, 0.15) is 69.7 Å². The molecule has 30 heavy (non-hydrogen) atoms. The van der Waals surface area contributed by atoms with Gasteiger partial charge in [-0.1, -0.05) is 51.1 Å². The first-order valence-corrected chi connectivity index (χ1v) is 11.6. The lowest BCUT2D eigenvalue weighted by Crippen LogP contribution is -2.53. The summed E-state index contributed by atoms with van der Waals surface area (Å²) in [6.07, 6.45) is 8.12. The number of hydrogen-bond donors (Lipinski definition) is 2. The Balaban J connectivity index is 1.35. The van der Waals surface area contributed by atoms with Crippen molar-refractivity contribution in [2.45, 2.75) is 78.3 Å². The number of urea groups is 1. The third kappa shape index (κ3) is 3.23. The predicted molar refractivity (Wildman–Crippen MR) is 120 cm³/mol. The molecule has 5 heteroatoms. The molecule has 2 amide bonds. The van der Waals surface area contributed by atoms with Crippen LogP contribution in [0.4, 0.5) is 10.6 Å². The number of nitrogens with zero attached hydrogens (tertiary/aromatic N) is 2. The Bertz CT molecular complexity index is 943. The van der Waals surface area contributed by atoms with Gasteiger partial charge in [-0.15, -0.1) is 0 Å². The number of benzene rings is 1. The zero-order valence-electron chi connectivity index (χ0n) is 18.5. The summed E-state index contributed by atoms with van der Waals surface area (Å²) in [5, 5.41) is 11.3. The zero-order valence-corrected chi connectivity index (χ0v) is 18.5. The van der Waals surface area contributed by atoms with E-state index in [-0.39, 0.29) is 22.9 Å². The second-order valence-corrected chi connectivity index (χ2v) is 10.6. The Hall–Kier alpha value is -2.30. The average Bonchev–Trinajstić information content (AvgIpc) is 3.34. The van der Waals surface area contributed by atoms with E-state index < -0.39 is 0 Å². The third-order valence-electron chi connectivity index (χ3n) is 8.21. The third-order valence-corrected chi connectivity index (χ3v) is 8.21. The van der Waals surface area contributed by atoms with E-state index >= 15 is 0 Å². The van der Waals surface area contributed by atoms with Crippen molar-refractivity contribution < 1.29 is 4.79 Å². The van der Waals surface area contributed by atoms with E-state index in [4.69, 9.17) is 5.10 Å². The van der Waals surface area contributed by atoms with Gasteiger partial charge in [-0.2, -0.15) is 5.10 Å². The Morgan fingerprint density at radius 2 is 1.93 bits per heavy atom. The van der Waals surface area contributed by atoms with Gasteiger partial charge in [-0.25, -0.2) is 4.79 Å². The van der Waals surface area contributed by atoms with Crippen LogP contribution in [0.15, 0.2) is 30.3 Å². The molecule has 1 aromatic heterocycles. The van der Waals surface area contributed by atoms with E-state index in [1.807, 2.05) is 6.07 Å². The van der Waals surface area contributed by atoms with Gasteiger partial charge in [0.2, 0.25) is 0 Å². The van der Waals surface area contributed by atoms with Crippen LogP contribution >= 0.6 is 0 Å². The number of nitrogens with one attached hydrogen (secondary N) is 2. The van der Waals surface area contributed by atoms with Crippen molar-refractivity contribution in [3.63, 3.8) is 0 Å². The second kappa shape index (κ2) is 7.14. The van der Waals surface area contributed by atoms with Crippen molar-refractivity contribution in [2.24, 2.45) is 16.7 Å². The van der Waals surface area contributed by atoms with Crippen LogP contribution in [0.2, 0.25) is 0 Å². The predicted octanol–water partition coefficient (Wildman–Crippen LogP) is 5.15. The van der Waals surface area contributed by atoms with E-state index in [1.165, 1.54) is 42.5 Å². The molecule has 1 aromatic carbocycles. The quantitative estimate of drug-likeness (QED) is 0.738. The van der Waals surface area contributed by atoms with Crippen LogP contribution in [0.25, 0.3) is 0 Å². The second-order valence-electron chi connectivity index (χ2n) is 10.6. The van der Waals surface area contributed by atoms with Crippen molar-refractivity contribution in [2.75, 3.05) is 5.32 Å². The van der Waals surface area contributed by atoms with Crippen LogP contribution < -0.4 is 10.6 Å². The Morgan fingerprint density at radius 1 is 1.17 bits per heavy atom. The maximum atomic E-state index is 13.1. The zero-order chi connectivity index (χ0) is 20.9. The lowest BCUT2D eigenvalue weighted by Gasteiger charge is -2.42. The summed E-state index contributed by atoms with van der Waals surface area (Å²) in [5.41, 5.74) is 4.12. The molecular weight excluding hydrogens is 372 g/mol. The molecule has 3 unspecified atom stereocenters. The molecule has 0 spiro atoms. The van der Waals surface area contributed by atoms with Gasteiger partial charge in [0.25, 0.3) is 0 Å². The Labute approximate surface area is 179 Å². The first-order valence-electron chi connectivity index (χ1n) is 11.6. The number of aromatic nitrogens is 2. The van der Waals surface area contributed by atoms with Crippen LogP contribution in [0, 0.1) is 16.7 Å². The molecule has 5 rings (SSSR count). The first-order chi connectivity index (χ1) is 14.4. The van der Waals surface area contributed by atoms with Gasteiger partial charge < -0.3 is 5.32 Å². The highest BCUT2D eigenvalue weighted by Gasteiger charge is 2.59. The van der Waals surface area contributed by atoms with Crippen molar-refractivity contribution >= 4 is 11.8 Å². The molecule has 2 saturated carbocycles. The van der Waals surface area contributed by atoms with E-state index in [0.717, 1.165) is 31.6 Å². The van der Waals surface area contributed by atoms with Gasteiger partial charge in [-0.05, 0) is 67.3 Å². The largest absolute Gasteiger partial charge is 0.334 e. The number of hydrogen-bond acceptors (Lipinski definition) is 2. The minimum Gasteiger partial charge on any atom is -0.334 e. The van der Waals surface area contributed by atoms with Gasteiger partial charge in [0.05, 0.1) is 6.54 Å². The van der Waals surface area contributed by atoms with Crippen molar-refractivity contribution in [3.8, 4) is 0 Å². The fourth-order valence-corrected chi connectivity index (χ4v) is 6.60. The molecule has 2 bridgehead atoms. The normalized spacial score (nSPS) is 28.9. The minimum absolute atomic E-state index is 0.0976. The molecule has 2 aromatic rings. The fourth-order valence-electron chi connectivity index (χ4n) is 6.60. The van der Waals surface area contributed by atoms with Gasteiger partial charge in [-0.3, -0.25) is 10.00 Å². The van der Waals surface area contributed by atoms with E-state index in [9.17, 15) is 4.79 Å². The van der Waals surface area contributed by atoms with Crippen LogP contribution in [0.3, 0.4) is 0 Å². The summed E-state index contributed by atoms with van der Waals surface area (Å²) in [6, 6.07) is 10.6. The monoisotopic (exact) mass is 406 g/mol. The smallest absolute Gasteiger partial charge is 0.320 e. The lowest BCUT2D eigenvalue weighted by molar-refractivity contribution is 0.116. The van der Waals surface area contributed by atoms with Gasteiger partial charge >= 0.3 is 6.03 Å². The molecule has 3 aliphatic rings. The molecule has 0 radical (unpaired) electrons. The van der Waals surface area contributed by atoms with E-state index in [1.54, 1.807) is 0 Å². The Kier molecular flexibility index (Phi) is 4.68. The molecule has 3 aliphatic carbocycles. The average molecular weight is 407 g/mol. The number of rotatable bonds is 4. The number of amides is 2. The summed E-state index contributed by atoms with van der Waals surface area (Å²) in [4.78, 5) is 13.1. The summed E-state index contributed by atoms with van der Waals surface area (Å²) >= 11 is 0. The Morgan fingerprint density at radius 3 is 2.67 bits per heavy atom. The molecule has 5 nitrogen and oxygen atoms in total. The highest BCUT2D eigenvalue weighted by Crippen LogP contribution is 2.62. The fraction of sp³-hybridized carbons (Fsp3) is 0.600. The minimum atomic E-state index is -0.0976. The van der Waals surface area contributed by atoms with Crippen molar-refractivity contribution in [3.05, 3.63) is 47.2 Å². The summed E-state index contributed by atoms with van der Waals surface area (Å²) in [5.74, 6) is 1.47. The number of fused-ring (bicyclic) bond motifs is 3. The number of carbonyl (C=O) groups is 1. The summed E-state index contributed by atoms with van der Waals surface area (Å²) in [7, 11) is 0. The standard InChI is InChI=1S/C25H34N4O/c1-24(2)18-13-14-25(3,15-18)22(24)27-23(30)26-21-19-11-7-8-12-20(19)29(28-21)16-17-9-5-4-6-10-17/h4-6,9-10,18,22H,7-8,11-16H2,1-3H3,(H2,26,27,28,30). The van der Waals surface area contributed by atoms with Crippen molar-refractivity contribution in [1.82, 2.24) is 15.1 Å². The molecule has 0 saturated heterocycles. The first kappa shape index (κ1) is 19.7. The SMILES string of the molecule is CC12CCC(C1)C(C)(C)C2NC(=O)Nc1nn(Cc2ccccc2)c2c1CCCC2. The maximum absolute atomic E-state index is 13.1. The van der Waals surface area contributed by atoms with Gasteiger partial charge in [0.15, 0.2) is 5.82 Å². The number of anilines is 1. The van der Waals surface area contributed by atoms with Crippen LogP contribution in [-0.2, 0) is 19.4 Å². The maximum Gasteiger partial charge on any atom is 0.320 e. The molecule has 0 aliphatic heterocycles. The molecule has 2 fully saturated rings. The van der Waals surface area contributed by atoms with Crippen molar-refractivity contribution in [1.29, 1.82) is 0 Å². The van der Waals surface area contributed by atoms with Crippen LogP contribution in [-0.4, -0.2) is 21.9 Å². The van der Waals surface area contributed by atoms with E-state index in [0.29, 0.717) is 5.92 Å². The summed E-state index contributed by atoms with van der Waals surface area (Å²) in [6.45, 7) is 7.75. The highest BCUT2D eigenvalue weighted by atomic mass is 16.2. The topological polar surface area (TPSA) is 59.0 Å². The molecular formula is C25H34N4O.